The van der Waals surface area contributed by atoms with Gasteiger partial charge in [-0.1, -0.05) is 19.3 Å². The number of unbranched alkanes of at least 4 members (excludes halogenated alkanes) is 4. The minimum absolute atomic E-state index is 0.224. The zero-order chi connectivity index (χ0) is 10.8. The summed E-state index contributed by atoms with van der Waals surface area (Å²) in [5, 5.41) is -0.259. The maximum atomic E-state index is 10.4. The van der Waals surface area contributed by atoms with Gasteiger partial charge in [0.25, 0.3) is 0 Å². The summed E-state index contributed by atoms with van der Waals surface area (Å²) in [6.45, 7) is 1.91. The number of esters is 1. The molecule has 0 aliphatic carbocycles. The third-order valence-corrected chi connectivity index (χ3v) is 2.01. The molecule has 0 heterocycles. The molecule has 0 amide bonds. The van der Waals surface area contributed by atoms with Gasteiger partial charge in [0.05, 0.1) is 6.61 Å². The van der Waals surface area contributed by atoms with Crippen LogP contribution in [0.3, 0.4) is 0 Å². The minimum Gasteiger partial charge on any atom is -0.466 e. The van der Waals surface area contributed by atoms with E-state index in [1.165, 1.54) is 6.92 Å². The van der Waals surface area contributed by atoms with Crippen LogP contribution in [0.25, 0.3) is 0 Å². The quantitative estimate of drug-likeness (QED) is 0.359. The predicted molar refractivity (Wildman–Crippen MR) is 55.2 cm³/mol. The molecule has 0 aromatic carbocycles. The molecule has 0 rings (SSSR count). The van der Waals surface area contributed by atoms with E-state index in [1.54, 1.807) is 0 Å². The third kappa shape index (κ3) is 11.4. The first-order valence-electron chi connectivity index (χ1n) is 4.94. The molecule has 0 aliphatic heterocycles. The number of ether oxygens (including phenoxy) is 1. The normalized spacial score (nSPS) is 9.86. The van der Waals surface area contributed by atoms with Crippen LogP contribution in [-0.4, -0.2) is 17.8 Å². The lowest BCUT2D eigenvalue weighted by Crippen LogP contribution is -2.00. The van der Waals surface area contributed by atoms with Crippen LogP contribution in [0.15, 0.2) is 0 Å². The SMILES string of the molecule is CC(=O)OCCCCCCCC(=O)Cl. The van der Waals surface area contributed by atoms with Gasteiger partial charge in [-0.15, -0.1) is 0 Å². The molecule has 3 nitrogen and oxygen atoms in total. The van der Waals surface area contributed by atoms with E-state index in [-0.39, 0.29) is 11.2 Å². The first kappa shape index (κ1) is 13.4. The van der Waals surface area contributed by atoms with Gasteiger partial charge in [0.2, 0.25) is 5.24 Å². The van der Waals surface area contributed by atoms with E-state index in [1.807, 2.05) is 0 Å². The molecule has 0 saturated heterocycles. The van der Waals surface area contributed by atoms with Crippen LogP contribution in [0.1, 0.15) is 45.4 Å². The molecule has 0 aliphatic rings. The number of carbonyl (C=O) groups is 2. The van der Waals surface area contributed by atoms with Crippen molar-refractivity contribution in [3.05, 3.63) is 0 Å². The van der Waals surface area contributed by atoms with Gasteiger partial charge in [0.1, 0.15) is 0 Å². The zero-order valence-electron chi connectivity index (χ0n) is 8.55. The van der Waals surface area contributed by atoms with Crippen molar-refractivity contribution in [1.82, 2.24) is 0 Å². The van der Waals surface area contributed by atoms with Crippen molar-refractivity contribution in [2.75, 3.05) is 6.61 Å². The second kappa shape index (κ2) is 9.00. The van der Waals surface area contributed by atoms with E-state index in [9.17, 15) is 9.59 Å². The van der Waals surface area contributed by atoms with Crippen molar-refractivity contribution in [3.63, 3.8) is 0 Å². The Morgan fingerprint density at radius 2 is 1.64 bits per heavy atom. The molecular formula is C10H17ClO3. The van der Waals surface area contributed by atoms with Crippen LogP contribution in [0, 0.1) is 0 Å². The molecule has 0 spiro atoms. The second-order valence-corrected chi connectivity index (χ2v) is 3.63. The Bertz CT molecular complexity index is 160. The van der Waals surface area contributed by atoms with Crippen molar-refractivity contribution in [1.29, 1.82) is 0 Å². The molecule has 82 valence electrons. The Kier molecular flexibility index (Phi) is 8.64. The Balaban J connectivity index is 2.99. The lowest BCUT2D eigenvalue weighted by atomic mass is 10.1. The molecular weight excluding hydrogens is 204 g/mol. The molecule has 0 atom stereocenters. The molecule has 0 aromatic rings. The van der Waals surface area contributed by atoms with Crippen molar-refractivity contribution in [2.45, 2.75) is 45.4 Å². The van der Waals surface area contributed by atoms with Crippen LogP contribution < -0.4 is 0 Å². The molecule has 0 radical (unpaired) electrons. The summed E-state index contributed by atoms with van der Waals surface area (Å²) in [5.74, 6) is -0.224. The Hall–Kier alpha value is -0.570. The highest BCUT2D eigenvalue weighted by Gasteiger charge is 1.96. The van der Waals surface area contributed by atoms with Crippen LogP contribution >= 0.6 is 11.6 Å². The summed E-state index contributed by atoms with van der Waals surface area (Å²) in [7, 11) is 0. The van der Waals surface area contributed by atoms with Gasteiger partial charge in [-0.2, -0.15) is 0 Å². The van der Waals surface area contributed by atoms with E-state index < -0.39 is 0 Å². The van der Waals surface area contributed by atoms with E-state index in [2.05, 4.69) is 0 Å². The van der Waals surface area contributed by atoms with Gasteiger partial charge < -0.3 is 4.74 Å². The maximum Gasteiger partial charge on any atom is 0.302 e. The van der Waals surface area contributed by atoms with Gasteiger partial charge >= 0.3 is 5.97 Å². The van der Waals surface area contributed by atoms with Crippen molar-refractivity contribution in [2.24, 2.45) is 0 Å². The monoisotopic (exact) mass is 220 g/mol. The zero-order valence-corrected chi connectivity index (χ0v) is 9.31. The summed E-state index contributed by atoms with van der Waals surface area (Å²) in [6.07, 6.45) is 5.32. The lowest BCUT2D eigenvalue weighted by Gasteiger charge is -2.01. The fourth-order valence-corrected chi connectivity index (χ4v) is 1.25. The van der Waals surface area contributed by atoms with E-state index in [4.69, 9.17) is 16.3 Å². The van der Waals surface area contributed by atoms with Gasteiger partial charge in [-0.05, 0) is 24.4 Å². The van der Waals surface area contributed by atoms with Gasteiger partial charge in [0.15, 0.2) is 0 Å². The highest BCUT2D eigenvalue weighted by molar-refractivity contribution is 6.63. The minimum atomic E-state index is -0.259. The number of halogens is 1. The lowest BCUT2D eigenvalue weighted by molar-refractivity contribution is -0.141. The third-order valence-electron chi connectivity index (χ3n) is 1.82. The fraction of sp³-hybridized carbons (Fsp3) is 0.800. The summed E-state index contributed by atoms with van der Waals surface area (Å²) in [5.41, 5.74) is 0. The van der Waals surface area contributed by atoms with Gasteiger partial charge in [-0.3, -0.25) is 9.59 Å². The first-order chi connectivity index (χ1) is 6.63. The standard InChI is InChI=1S/C10H17ClO3/c1-9(12)14-8-6-4-2-3-5-7-10(11)13/h2-8H2,1H3. The Labute approximate surface area is 89.8 Å². The van der Waals surface area contributed by atoms with Crippen molar-refractivity contribution in [3.8, 4) is 0 Å². The van der Waals surface area contributed by atoms with Gasteiger partial charge in [0, 0.05) is 13.3 Å². The molecule has 0 aromatic heterocycles. The second-order valence-electron chi connectivity index (χ2n) is 3.21. The average Bonchev–Trinajstić information content (AvgIpc) is 2.08. The summed E-state index contributed by atoms with van der Waals surface area (Å²) in [6, 6.07) is 0. The van der Waals surface area contributed by atoms with E-state index >= 15 is 0 Å². The number of carbonyl (C=O) groups excluding carboxylic acids is 2. The smallest absolute Gasteiger partial charge is 0.302 e. The Morgan fingerprint density at radius 3 is 2.21 bits per heavy atom. The summed E-state index contributed by atoms with van der Waals surface area (Å²) < 4.78 is 4.77. The van der Waals surface area contributed by atoms with Crippen LogP contribution in [-0.2, 0) is 14.3 Å². The molecule has 0 bridgehead atoms. The fourth-order valence-electron chi connectivity index (χ4n) is 1.11. The molecule has 4 heteroatoms. The number of rotatable bonds is 8. The molecule has 0 unspecified atom stereocenters. The maximum absolute atomic E-state index is 10.4. The first-order valence-corrected chi connectivity index (χ1v) is 5.32. The average molecular weight is 221 g/mol. The summed E-state index contributed by atoms with van der Waals surface area (Å²) in [4.78, 5) is 20.7. The van der Waals surface area contributed by atoms with Crippen LogP contribution in [0.2, 0.25) is 0 Å². The molecule has 14 heavy (non-hydrogen) atoms. The largest absolute Gasteiger partial charge is 0.466 e. The van der Waals surface area contributed by atoms with Crippen LogP contribution in [0.5, 0.6) is 0 Å². The van der Waals surface area contributed by atoms with E-state index in [0.29, 0.717) is 13.0 Å². The molecule has 0 saturated carbocycles. The number of hydrogen-bond donors (Lipinski definition) is 0. The topological polar surface area (TPSA) is 43.4 Å². The predicted octanol–water partition coefficient (Wildman–Crippen LogP) is 2.66. The van der Waals surface area contributed by atoms with Crippen molar-refractivity contribution >= 4 is 22.8 Å². The van der Waals surface area contributed by atoms with E-state index in [0.717, 1.165) is 32.1 Å². The highest BCUT2D eigenvalue weighted by atomic mass is 35.5. The van der Waals surface area contributed by atoms with Gasteiger partial charge in [-0.25, -0.2) is 0 Å². The Morgan fingerprint density at radius 1 is 1.07 bits per heavy atom. The summed E-state index contributed by atoms with van der Waals surface area (Å²) >= 11 is 5.18. The van der Waals surface area contributed by atoms with Crippen molar-refractivity contribution < 1.29 is 14.3 Å². The number of hydrogen-bond acceptors (Lipinski definition) is 3. The highest BCUT2D eigenvalue weighted by Crippen LogP contribution is 2.06. The molecule has 0 N–H and O–H groups in total. The van der Waals surface area contributed by atoms with Crippen LogP contribution in [0.4, 0.5) is 0 Å². The molecule has 0 fully saturated rings.